The number of nitrogens with zero attached hydrogens (tertiary/aromatic N) is 2. The van der Waals surface area contributed by atoms with E-state index in [1.54, 1.807) is 11.0 Å². The first-order valence-electron chi connectivity index (χ1n) is 13.1. The number of aliphatic hydroxyl groups excluding tert-OH is 1. The quantitative estimate of drug-likeness (QED) is 0.375. The van der Waals surface area contributed by atoms with Crippen LogP contribution in [0.25, 0.3) is 0 Å². The molecule has 1 spiro atoms. The van der Waals surface area contributed by atoms with Crippen molar-refractivity contribution in [1.29, 1.82) is 0 Å². The summed E-state index contributed by atoms with van der Waals surface area (Å²) in [4.78, 5) is 45.0. The molecule has 4 aliphatic rings. The van der Waals surface area contributed by atoms with Gasteiger partial charge in [0, 0.05) is 12.6 Å². The highest BCUT2D eigenvalue weighted by Crippen LogP contribution is 2.63. The monoisotopic (exact) mass is 488 g/mol. The number of hydrogen-bond donors (Lipinski definition) is 1. The maximum atomic E-state index is 14.4. The molecule has 0 aromatic rings. The van der Waals surface area contributed by atoms with Gasteiger partial charge in [-0.15, -0.1) is 6.58 Å². The Balaban J connectivity index is 1.77. The van der Waals surface area contributed by atoms with Gasteiger partial charge in [-0.1, -0.05) is 44.9 Å². The van der Waals surface area contributed by atoms with Gasteiger partial charge in [0.25, 0.3) is 0 Å². The van der Waals surface area contributed by atoms with Crippen LogP contribution in [0.5, 0.6) is 0 Å². The summed E-state index contributed by atoms with van der Waals surface area (Å²) in [5, 5.41) is 10.2. The Morgan fingerprint density at radius 1 is 1.26 bits per heavy atom. The number of fused-ring (bicyclic) bond motifs is 1. The van der Waals surface area contributed by atoms with Gasteiger partial charge >= 0.3 is 5.97 Å². The Morgan fingerprint density at radius 3 is 2.57 bits per heavy atom. The molecular formula is C27H40N2O6. The SMILES string of the molecule is C=CCOC(=O)[C@H]1[C@H]2C(=O)N([C@@H](CC)CO)C(C(=O)N(CC=C)C3CCCCC3)C23CC[C@]1(C)O3. The Kier molecular flexibility index (Phi) is 7.44. The van der Waals surface area contributed by atoms with Crippen molar-refractivity contribution in [3.8, 4) is 0 Å². The van der Waals surface area contributed by atoms with E-state index < -0.39 is 41.1 Å². The summed E-state index contributed by atoms with van der Waals surface area (Å²) >= 11 is 0. The Labute approximate surface area is 208 Å². The molecule has 3 saturated heterocycles. The van der Waals surface area contributed by atoms with E-state index in [9.17, 15) is 19.5 Å². The molecule has 0 radical (unpaired) electrons. The molecule has 4 fully saturated rings. The second-order valence-electron chi connectivity index (χ2n) is 10.7. The lowest BCUT2D eigenvalue weighted by Gasteiger charge is -2.42. The van der Waals surface area contributed by atoms with Crippen LogP contribution < -0.4 is 0 Å². The van der Waals surface area contributed by atoms with Crippen LogP contribution in [0.15, 0.2) is 25.3 Å². The lowest BCUT2D eigenvalue weighted by molar-refractivity contribution is -0.162. The van der Waals surface area contributed by atoms with Crippen molar-refractivity contribution in [1.82, 2.24) is 9.80 Å². The van der Waals surface area contributed by atoms with Crippen LogP contribution >= 0.6 is 0 Å². The molecule has 3 heterocycles. The van der Waals surface area contributed by atoms with Gasteiger partial charge in [0.2, 0.25) is 11.8 Å². The van der Waals surface area contributed by atoms with Gasteiger partial charge in [-0.25, -0.2) is 0 Å². The highest BCUT2D eigenvalue weighted by atomic mass is 16.6. The Hall–Kier alpha value is -2.19. The molecule has 0 aromatic heterocycles. The normalized spacial score (nSPS) is 35.0. The molecular weight excluding hydrogens is 448 g/mol. The number of ether oxygens (including phenoxy) is 2. The average Bonchev–Trinajstić information content (AvgIpc) is 3.43. The van der Waals surface area contributed by atoms with Gasteiger partial charge in [0.15, 0.2) is 0 Å². The summed E-state index contributed by atoms with van der Waals surface area (Å²) < 4.78 is 12.0. The molecule has 2 bridgehead atoms. The highest BCUT2D eigenvalue weighted by Gasteiger charge is 2.79. The van der Waals surface area contributed by atoms with Crippen LogP contribution in [0.2, 0.25) is 0 Å². The van der Waals surface area contributed by atoms with Gasteiger partial charge in [-0.3, -0.25) is 14.4 Å². The minimum Gasteiger partial charge on any atom is -0.461 e. The van der Waals surface area contributed by atoms with Crippen LogP contribution in [-0.2, 0) is 23.9 Å². The number of aliphatic hydroxyl groups is 1. The van der Waals surface area contributed by atoms with E-state index >= 15 is 0 Å². The number of likely N-dealkylation sites (tertiary alicyclic amines) is 1. The van der Waals surface area contributed by atoms with Crippen LogP contribution in [0.4, 0.5) is 0 Å². The van der Waals surface area contributed by atoms with Crippen LogP contribution in [-0.4, -0.2) is 81.8 Å². The van der Waals surface area contributed by atoms with E-state index in [1.807, 2.05) is 18.7 Å². The van der Waals surface area contributed by atoms with E-state index in [0.29, 0.717) is 25.8 Å². The topological polar surface area (TPSA) is 96.4 Å². The fourth-order valence-corrected chi connectivity index (χ4v) is 7.15. The number of rotatable bonds is 10. The van der Waals surface area contributed by atoms with Crippen molar-refractivity contribution in [3.63, 3.8) is 0 Å². The largest absolute Gasteiger partial charge is 0.461 e. The third kappa shape index (κ3) is 4.02. The van der Waals surface area contributed by atoms with Gasteiger partial charge < -0.3 is 24.4 Å². The minimum absolute atomic E-state index is 0.0500. The summed E-state index contributed by atoms with van der Waals surface area (Å²) in [7, 11) is 0. The summed E-state index contributed by atoms with van der Waals surface area (Å²) in [5.74, 6) is -2.57. The van der Waals surface area contributed by atoms with Crippen molar-refractivity contribution in [2.75, 3.05) is 19.8 Å². The van der Waals surface area contributed by atoms with Crippen molar-refractivity contribution in [3.05, 3.63) is 25.3 Å². The molecule has 6 atom stereocenters. The molecule has 2 unspecified atom stereocenters. The maximum Gasteiger partial charge on any atom is 0.313 e. The zero-order valence-corrected chi connectivity index (χ0v) is 21.1. The summed E-state index contributed by atoms with van der Waals surface area (Å²) in [6.07, 6.45) is 9.90. The predicted octanol–water partition coefficient (Wildman–Crippen LogP) is 2.60. The molecule has 2 amide bonds. The second-order valence-corrected chi connectivity index (χ2v) is 10.7. The smallest absolute Gasteiger partial charge is 0.313 e. The van der Waals surface area contributed by atoms with Crippen molar-refractivity contribution >= 4 is 17.8 Å². The molecule has 194 valence electrons. The lowest BCUT2D eigenvalue weighted by Crippen LogP contribution is -2.60. The molecule has 1 saturated carbocycles. The van der Waals surface area contributed by atoms with Crippen LogP contribution in [0.3, 0.4) is 0 Å². The van der Waals surface area contributed by atoms with Crippen molar-refractivity contribution < 1.29 is 29.0 Å². The fourth-order valence-electron chi connectivity index (χ4n) is 7.15. The summed E-state index contributed by atoms with van der Waals surface area (Å²) in [5.41, 5.74) is -1.99. The van der Waals surface area contributed by atoms with Gasteiger partial charge in [0.05, 0.1) is 24.2 Å². The molecule has 8 heteroatoms. The zero-order valence-electron chi connectivity index (χ0n) is 21.1. The molecule has 8 nitrogen and oxygen atoms in total. The highest BCUT2D eigenvalue weighted by molar-refractivity contribution is 5.98. The van der Waals surface area contributed by atoms with E-state index in [4.69, 9.17) is 9.47 Å². The Bertz CT molecular complexity index is 866. The van der Waals surface area contributed by atoms with E-state index in [1.165, 1.54) is 6.08 Å². The van der Waals surface area contributed by atoms with Crippen LogP contribution in [0, 0.1) is 11.8 Å². The van der Waals surface area contributed by atoms with Gasteiger partial charge in [0.1, 0.15) is 24.2 Å². The number of esters is 1. The molecule has 3 aliphatic heterocycles. The molecule has 35 heavy (non-hydrogen) atoms. The zero-order chi connectivity index (χ0) is 25.4. The number of carbonyl (C=O) groups is 3. The standard InChI is InChI=1S/C27H40N2O6/c1-5-15-28(19-11-9-8-10-12-19)24(32)22-27-14-13-26(4,35-27)21(25(33)34-16-6-2)20(27)23(31)29(22)18(7-3)17-30/h5-6,18-22,30H,1-2,7-17H2,3-4H3/t18-,20-,21+,22?,26-,27?/m0/s1. The fraction of sp³-hybridized carbons (Fsp3) is 0.741. The van der Waals surface area contributed by atoms with Crippen molar-refractivity contribution in [2.45, 2.75) is 94.5 Å². The average molecular weight is 489 g/mol. The first kappa shape index (κ1) is 25.9. The molecule has 0 aromatic carbocycles. The van der Waals surface area contributed by atoms with Gasteiger partial charge in [-0.05, 0) is 39.0 Å². The molecule has 1 N–H and O–H groups in total. The first-order chi connectivity index (χ1) is 16.8. The van der Waals surface area contributed by atoms with Crippen LogP contribution in [0.1, 0.15) is 65.2 Å². The second kappa shape index (κ2) is 10.1. The Morgan fingerprint density at radius 2 is 1.97 bits per heavy atom. The molecule has 4 rings (SSSR count). The van der Waals surface area contributed by atoms with E-state index in [0.717, 1.165) is 32.1 Å². The predicted molar refractivity (Wildman–Crippen MR) is 130 cm³/mol. The number of hydrogen-bond acceptors (Lipinski definition) is 6. The third-order valence-electron chi connectivity index (χ3n) is 8.75. The molecule has 1 aliphatic carbocycles. The van der Waals surface area contributed by atoms with Crippen molar-refractivity contribution in [2.24, 2.45) is 11.8 Å². The summed E-state index contributed by atoms with van der Waals surface area (Å²) in [6, 6.07) is -1.34. The van der Waals surface area contributed by atoms with Gasteiger partial charge in [-0.2, -0.15) is 0 Å². The minimum atomic E-state index is -1.11. The first-order valence-corrected chi connectivity index (χ1v) is 13.1. The number of amides is 2. The number of carbonyl (C=O) groups excluding carboxylic acids is 3. The summed E-state index contributed by atoms with van der Waals surface area (Å²) in [6.45, 7) is 11.4. The van der Waals surface area contributed by atoms with E-state index in [-0.39, 0.29) is 31.1 Å². The third-order valence-corrected chi connectivity index (χ3v) is 8.75. The maximum absolute atomic E-state index is 14.4. The lowest BCUT2D eigenvalue weighted by atomic mass is 9.66. The van der Waals surface area contributed by atoms with E-state index in [2.05, 4.69) is 13.2 Å².